The fourth-order valence-electron chi connectivity index (χ4n) is 2.39. The summed E-state index contributed by atoms with van der Waals surface area (Å²) in [6.07, 6.45) is 6.86. The number of thioether (sulfide) groups is 1. The molecule has 0 aromatic heterocycles. The first-order valence-electron chi connectivity index (χ1n) is 6.28. The van der Waals surface area contributed by atoms with E-state index in [1.165, 1.54) is 12.8 Å². The van der Waals surface area contributed by atoms with Gasteiger partial charge in [-0.15, -0.1) is 0 Å². The summed E-state index contributed by atoms with van der Waals surface area (Å²) < 4.78 is 0.945. The third-order valence-electron chi connectivity index (χ3n) is 3.38. The molecule has 18 heavy (non-hydrogen) atoms. The van der Waals surface area contributed by atoms with Crippen molar-refractivity contribution in [3.63, 3.8) is 0 Å². The molecule has 1 fully saturated rings. The molecule has 0 bridgehead atoms. The fourth-order valence-corrected chi connectivity index (χ4v) is 3.61. The van der Waals surface area contributed by atoms with Crippen LogP contribution in [0.1, 0.15) is 36.0 Å². The molecule has 2 nitrogen and oxygen atoms in total. The zero-order chi connectivity index (χ0) is 13.0. The Hall–Kier alpha value is -0.480. The van der Waals surface area contributed by atoms with Crippen LogP contribution in [0.15, 0.2) is 28.7 Å². The van der Waals surface area contributed by atoms with Gasteiger partial charge < -0.3 is 5.32 Å². The lowest BCUT2D eigenvalue weighted by Crippen LogP contribution is -2.39. The quantitative estimate of drug-likeness (QED) is 0.913. The van der Waals surface area contributed by atoms with E-state index in [1.54, 1.807) is 0 Å². The molecule has 1 aromatic carbocycles. The van der Waals surface area contributed by atoms with Crippen molar-refractivity contribution in [2.24, 2.45) is 0 Å². The minimum atomic E-state index is 0.0445. The van der Waals surface area contributed by atoms with Gasteiger partial charge in [-0.2, -0.15) is 11.8 Å². The zero-order valence-corrected chi connectivity index (χ0v) is 12.9. The van der Waals surface area contributed by atoms with Crippen LogP contribution in [-0.2, 0) is 0 Å². The Morgan fingerprint density at radius 3 is 3.00 bits per heavy atom. The third kappa shape index (κ3) is 3.75. The van der Waals surface area contributed by atoms with Crippen LogP contribution in [0.4, 0.5) is 0 Å². The predicted molar refractivity (Wildman–Crippen MR) is 81.2 cm³/mol. The van der Waals surface area contributed by atoms with Gasteiger partial charge in [0.25, 0.3) is 5.91 Å². The maximum atomic E-state index is 12.1. The number of hydrogen-bond donors (Lipinski definition) is 1. The first-order valence-corrected chi connectivity index (χ1v) is 8.36. The monoisotopic (exact) mass is 327 g/mol. The molecule has 1 aliphatic rings. The molecule has 2 unspecified atom stereocenters. The van der Waals surface area contributed by atoms with Crippen molar-refractivity contribution < 1.29 is 4.79 Å². The van der Waals surface area contributed by atoms with Gasteiger partial charge in [0, 0.05) is 21.3 Å². The average molecular weight is 328 g/mol. The summed E-state index contributed by atoms with van der Waals surface area (Å²) in [6.45, 7) is 0. The van der Waals surface area contributed by atoms with Crippen LogP contribution < -0.4 is 5.32 Å². The van der Waals surface area contributed by atoms with Crippen LogP contribution in [-0.4, -0.2) is 23.5 Å². The van der Waals surface area contributed by atoms with Crippen molar-refractivity contribution in [1.29, 1.82) is 0 Å². The topological polar surface area (TPSA) is 29.1 Å². The highest BCUT2D eigenvalue weighted by atomic mass is 79.9. The van der Waals surface area contributed by atoms with Gasteiger partial charge in [0.05, 0.1) is 0 Å². The summed E-state index contributed by atoms with van der Waals surface area (Å²) in [4.78, 5) is 12.1. The lowest BCUT2D eigenvalue weighted by Gasteiger charge is -2.28. The zero-order valence-electron chi connectivity index (χ0n) is 10.5. The van der Waals surface area contributed by atoms with Crippen molar-refractivity contribution in [1.82, 2.24) is 5.32 Å². The minimum absolute atomic E-state index is 0.0445. The summed E-state index contributed by atoms with van der Waals surface area (Å²) in [6, 6.07) is 7.88. The number of carbonyl (C=O) groups excluding carboxylic acids is 1. The van der Waals surface area contributed by atoms with E-state index in [4.69, 9.17) is 0 Å². The second kappa shape index (κ2) is 6.62. The molecule has 4 heteroatoms. The summed E-state index contributed by atoms with van der Waals surface area (Å²) in [5, 5.41) is 3.85. The van der Waals surface area contributed by atoms with E-state index in [9.17, 15) is 4.79 Å². The lowest BCUT2D eigenvalue weighted by molar-refractivity contribution is 0.0928. The van der Waals surface area contributed by atoms with Crippen LogP contribution in [0, 0.1) is 0 Å². The highest BCUT2D eigenvalue weighted by molar-refractivity contribution is 9.10. The summed E-state index contributed by atoms with van der Waals surface area (Å²) in [5.74, 6) is 0.0445. The van der Waals surface area contributed by atoms with E-state index in [-0.39, 0.29) is 5.91 Å². The first kappa shape index (κ1) is 13.9. The molecule has 0 spiro atoms. The Morgan fingerprint density at radius 1 is 1.44 bits per heavy atom. The molecule has 0 radical (unpaired) electrons. The van der Waals surface area contributed by atoms with Gasteiger partial charge in [-0.05, 0) is 43.7 Å². The third-order valence-corrected chi connectivity index (χ3v) is 4.97. The molecule has 1 aromatic rings. The van der Waals surface area contributed by atoms with E-state index in [0.717, 1.165) is 22.9 Å². The number of benzene rings is 1. The summed E-state index contributed by atoms with van der Waals surface area (Å²) in [5.41, 5.74) is 0.732. The van der Waals surface area contributed by atoms with Crippen LogP contribution in [0.25, 0.3) is 0 Å². The van der Waals surface area contributed by atoms with E-state index >= 15 is 0 Å². The van der Waals surface area contributed by atoms with Gasteiger partial charge in [0.1, 0.15) is 0 Å². The molecular formula is C14H18BrNOS. The number of halogens is 1. The van der Waals surface area contributed by atoms with Crippen LogP contribution in [0.5, 0.6) is 0 Å². The molecule has 0 saturated heterocycles. The Kier molecular flexibility index (Phi) is 5.13. The summed E-state index contributed by atoms with van der Waals surface area (Å²) in [7, 11) is 0. The highest BCUT2D eigenvalue weighted by Gasteiger charge is 2.22. The number of amides is 1. The number of rotatable bonds is 3. The molecule has 2 atom stereocenters. The van der Waals surface area contributed by atoms with E-state index < -0.39 is 0 Å². The van der Waals surface area contributed by atoms with E-state index in [0.29, 0.717) is 11.3 Å². The molecule has 0 aliphatic heterocycles. The normalized spacial score (nSPS) is 23.7. The van der Waals surface area contributed by atoms with Gasteiger partial charge in [-0.1, -0.05) is 28.4 Å². The smallest absolute Gasteiger partial charge is 0.251 e. The van der Waals surface area contributed by atoms with Crippen molar-refractivity contribution >= 4 is 33.6 Å². The second-order valence-corrected chi connectivity index (χ2v) is 6.76. The molecule has 98 valence electrons. The Morgan fingerprint density at radius 2 is 2.28 bits per heavy atom. The Balaban J connectivity index is 1.95. The van der Waals surface area contributed by atoms with Crippen LogP contribution in [0.3, 0.4) is 0 Å². The molecule has 0 heterocycles. The Labute approximate surface area is 121 Å². The van der Waals surface area contributed by atoms with Crippen LogP contribution >= 0.6 is 27.7 Å². The maximum Gasteiger partial charge on any atom is 0.251 e. The molecule has 2 rings (SSSR count). The molecule has 1 N–H and O–H groups in total. The maximum absolute atomic E-state index is 12.1. The van der Waals surface area contributed by atoms with Gasteiger partial charge in [0.15, 0.2) is 0 Å². The highest BCUT2D eigenvalue weighted by Crippen LogP contribution is 2.27. The largest absolute Gasteiger partial charge is 0.349 e. The molecular weight excluding hydrogens is 310 g/mol. The van der Waals surface area contributed by atoms with Crippen LogP contribution in [0.2, 0.25) is 0 Å². The molecule has 1 amide bonds. The summed E-state index contributed by atoms with van der Waals surface area (Å²) >= 11 is 5.31. The number of hydrogen-bond acceptors (Lipinski definition) is 2. The standard InChI is InChI=1S/C14H18BrNOS/c1-18-13-7-3-6-12(9-13)16-14(17)10-4-2-5-11(15)8-10/h2,4-5,8,12-13H,3,6-7,9H2,1H3,(H,16,17). The van der Waals surface area contributed by atoms with E-state index in [1.807, 2.05) is 36.0 Å². The van der Waals surface area contributed by atoms with E-state index in [2.05, 4.69) is 27.5 Å². The van der Waals surface area contributed by atoms with Gasteiger partial charge in [-0.25, -0.2) is 0 Å². The van der Waals surface area contributed by atoms with Gasteiger partial charge in [0.2, 0.25) is 0 Å². The number of carbonyl (C=O) groups is 1. The van der Waals surface area contributed by atoms with Crippen molar-refractivity contribution in [3.8, 4) is 0 Å². The minimum Gasteiger partial charge on any atom is -0.349 e. The van der Waals surface area contributed by atoms with Gasteiger partial charge >= 0.3 is 0 Å². The Bertz CT molecular complexity index is 424. The first-order chi connectivity index (χ1) is 8.69. The SMILES string of the molecule is CSC1CCCC(NC(=O)c2cccc(Br)c2)C1. The number of nitrogens with one attached hydrogen (secondary N) is 1. The molecule has 1 aliphatic carbocycles. The average Bonchev–Trinajstić information content (AvgIpc) is 2.39. The second-order valence-electron chi connectivity index (χ2n) is 4.71. The van der Waals surface area contributed by atoms with Crippen molar-refractivity contribution in [3.05, 3.63) is 34.3 Å². The van der Waals surface area contributed by atoms with Gasteiger partial charge in [-0.3, -0.25) is 4.79 Å². The van der Waals surface area contributed by atoms with Crippen molar-refractivity contribution in [2.75, 3.05) is 6.26 Å². The fraction of sp³-hybridized carbons (Fsp3) is 0.500. The van der Waals surface area contributed by atoms with Crippen molar-refractivity contribution in [2.45, 2.75) is 37.0 Å². The predicted octanol–water partition coefficient (Wildman–Crippen LogP) is 3.85. The molecule has 1 saturated carbocycles. The lowest BCUT2D eigenvalue weighted by atomic mass is 9.94.